The molecule has 0 saturated heterocycles. The number of nitrogens with one attached hydrogen (secondary N) is 1. The Hall–Kier alpha value is -1.35. The molecule has 0 heterocycles. The van der Waals surface area contributed by atoms with E-state index >= 15 is 0 Å². The lowest BCUT2D eigenvalue weighted by molar-refractivity contribution is 0.0999. The van der Waals surface area contributed by atoms with E-state index in [1.807, 2.05) is 18.2 Å². The maximum absolute atomic E-state index is 11.2. The van der Waals surface area contributed by atoms with Crippen molar-refractivity contribution in [2.45, 2.75) is 38.3 Å². The van der Waals surface area contributed by atoms with Crippen molar-refractivity contribution in [1.82, 2.24) is 5.32 Å². The van der Waals surface area contributed by atoms with Gasteiger partial charge >= 0.3 is 0 Å². The van der Waals surface area contributed by atoms with Crippen LogP contribution in [0.4, 0.5) is 0 Å². The van der Waals surface area contributed by atoms with Gasteiger partial charge in [0.05, 0.1) is 0 Å². The number of hydrogen-bond donors (Lipinski definition) is 2. The zero-order chi connectivity index (χ0) is 11.4. The Labute approximate surface area is 96.0 Å². The fourth-order valence-electron chi connectivity index (χ4n) is 2.30. The molecule has 3 N–H and O–H groups in total. The van der Waals surface area contributed by atoms with Crippen molar-refractivity contribution in [2.75, 3.05) is 0 Å². The van der Waals surface area contributed by atoms with Crippen LogP contribution < -0.4 is 11.1 Å². The second kappa shape index (κ2) is 5.12. The number of benzene rings is 1. The first-order chi connectivity index (χ1) is 7.77. The number of carbonyl (C=O) groups excluding carboxylic acids is 1. The monoisotopic (exact) mass is 218 g/mol. The molecule has 0 aliphatic heterocycles. The summed E-state index contributed by atoms with van der Waals surface area (Å²) in [6, 6.07) is 8.15. The quantitative estimate of drug-likeness (QED) is 0.810. The molecule has 0 unspecified atom stereocenters. The summed E-state index contributed by atoms with van der Waals surface area (Å²) in [7, 11) is 0. The van der Waals surface area contributed by atoms with Gasteiger partial charge in [-0.1, -0.05) is 31.0 Å². The largest absolute Gasteiger partial charge is 0.366 e. The first-order valence-electron chi connectivity index (χ1n) is 5.88. The lowest BCUT2D eigenvalue weighted by atomic mass is 10.1. The predicted molar refractivity (Wildman–Crippen MR) is 64.1 cm³/mol. The van der Waals surface area contributed by atoms with Crippen molar-refractivity contribution in [2.24, 2.45) is 5.73 Å². The molecule has 0 spiro atoms. The van der Waals surface area contributed by atoms with Crippen molar-refractivity contribution in [3.05, 3.63) is 35.4 Å². The van der Waals surface area contributed by atoms with E-state index < -0.39 is 0 Å². The maximum Gasteiger partial charge on any atom is 0.249 e. The summed E-state index contributed by atoms with van der Waals surface area (Å²) in [5.74, 6) is -0.344. The van der Waals surface area contributed by atoms with Gasteiger partial charge in [0.1, 0.15) is 0 Å². The highest BCUT2D eigenvalue weighted by atomic mass is 16.1. The van der Waals surface area contributed by atoms with Gasteiger partial charge in [0.2, 0.25) is 5.91 Å². The molecule has 1 fully saturated rings. The first kappa shape index (κ1) is 11.1. The third kappa shape index (κ3) is 2.61. The minimum atomic E-state index is -0.344. The van der Waals surface area contributed by atoms with Gasteiger partial charge in [-0.15, -0.1) is 0 Å². The zero-order valence-corrected chi connectivity index (χ0v) is 9.41. The first-order valence-corrected chi connectivity index (χ1v) is 5.88. The van der Waals surface area contributed by atoms with Gasteiger partial charge < -0.3 is 11.1 Å². The summed E-state index contributed by atoms with van der Waals surface area (Å²) < 4.78 is 0. The number of nitrogens with two attached hydrogens (primary N) is 1. The number of rotatable bonds is 4. The lowest BCUT2D eigenvalue weighted by Crippen LogP contribution is -2.26. The van der Waals surface area contributed by atoms with Gasteiger partial charge in [0.25, 0.3) is 0 Å². The molecule has 3 nitrogen and oxygen atoms in total. The summed E-state index contributed by atoms with van der Waals surface area (Å²) in [6.07, 6.45) is 5.13. The van der Waals surface area contributed by atoms with E-state index in [9.17, 15) is 4.79 Å². The van der Waals surface area contributed by atoms with Crippen LogP contribution in [-0.2, 0) is 6.54 Å². The second-order valence-electron chi connectivity index (χ2n) is 4.38. The van der Waals surface area contributed by atoms with E-state index in [0.29, 0.717) is 11.6 Å². The van der Waals surface area contributed by atoms with E-state index in [-0.39, 0.29) is 5.91 Å². The fourth-order valence-corrected chi connectivity index (χ4v) is 2.30. The third-order valence-corrected chi connectivity index (χ3v) is 3.22. The molecule has 0 radical (unpaired) electrons. The molecule has 1 aromatic rings. The van der Waals surface area contributed by atoms with Gasteiger partial charge in [-0.25, -0.2) is 0 Å². The van der Waals surface area contributed by atoms with Gasteiger partial charge in [-0.05, 0) is 24.5 Å². The average Bonchev–Trinajstić information content (AvgIpc) is 2.79. The van der Waals surface area contributed by atoms with Gasteiger partial charge in [0, 0.05) is 18.2 Å². The number of hydrogen-bond acceptors (Lipinski definition) is 2. The Morgan fingerprint density at radius 3 is 2.69 bits per heavy atom. The van der Waals surface area contributed by atoms with Crippen molar-refractivity contribution >= 4 is 5.91 Å². The molecule has 1 saturated carbocycles. The predicted octanol–water partition coefficient (Wildman–Crippen LogP) is 1.82. The second-order valence-corrected chi connectivity index (χ2v) is 4.38. The van der Waals surface area contributed by atoms with Crippen LogP contribution in [0.2, 0.25) is 0 Å². The average molecular weight is 218 g/mol. The highest BCUT2D eigenvalue weighted by Crippen LogP contribution is 2.18. The summed E-state index contributed by atoms with van der Waals surface area (Å²) >= 11 is 0. The molecule has 0 bridgehead atoms. The molecule has 1 aliphatic rings. The molecule has 1 aromatic carbocycles. The smallest absolute Gasteiger partial charge is 0.249 e. The van der Waals surface area contributed by atoms with Crippen LogP contribution in [0.5, 0.6) is 0 Å². The van der Waals surface area contributed by atoms with Gasteiger partial charge in [-0.3, -0.25) is 4.79 Å². The number of amides is 1. The van der Waals surface area contributed by atoms with Crippen LogP contribution >= 0.6 is 0 Å². The Morgan fingerprint density at radius 2 is 2.00 bits per heavy atom. The van der Waals surface area contributed by atoms with E-state index in [1.165, 1.54) is 25.7 Å². The fraction of sp³-hybridized carbons (Fsp3) is 0.462. The summed E-state index contributed by atoms with van der Waals surface area (Å²) in [4.78, 5) is 11.2. The third-order valence-electron chi connectivity index (χ3n) is 3.22. The topological polar surface area (TPSA) is 55.1 Å². The summed E-state index contributed by atoms with van der Waals surface area (Å²) in [5, 5.41) is 3.49. The molecule has 16 heavy (non-hydrogen) atoms. The molecule has 0 aromatic heterocycles. The van der Waals surface area contributed by atoms with E-state index in [1.54, 1.807) is 6.07 Å². The molecule has 1 aliphatic carbocycles. The Balaban J connectivity index is 2.00. The zero-order valence-electron chi connectivity index (χ0n) is 9.41. The molecular formula is C13H18N2O. The molecule has 1 amide bonds. The van der Waals surface area contributed by atoms with Gasteiger partial charge in [-0.2, -0.15) is 0 Å². The van der Waals surface area contributed by atoms with Crippen molar-refractivity contribution in [3.63, 3.8) is 0 Å². The normalized spacial score (nSPS) is 16.5. The van der Waals surface area contributed by atoms with E-state index in [2.05, 4.69) is 5.32 Å². The van der Waals surface area contributed by atoms with Gasteiger partial charge in [0.15, 0.2) is 0 Å². The van der Waals surface area contributed by atoms with Crippen LogP contribution in [0, 0.1) is 0 Å². The standard InChI is InChI=1S/C13H18N2O/c14-13(16)12-8-4-1-5-10(12)9-15-11-6-2-3-7-11/h1,4-5,8,11,15H,2-3,6-7,9H2,(H2,14,16). The Bertz CT molecular complexity index is 370. The Morgan fingerprint density at radius 1 is 1.31 bits per heavy atom. The van der Waals surface area contributed by atoms with Crippen LogP contribution in [-0.4, -0.2) is 11.9 Å². The molecule has 2 rings (SSSR count). The molecule has 3 heteroatoms. The number of primary amides is 1. The summed E-state index contributed by atoms with van der Waals surface area (Å²) in [6.45, 7) is 0.740. The maximum atomic E-state index is 11.2. The SMILES string of the molecule is NC(=O)c1ccccc1CNC1CCCC1. The van der Waals surface area contributed by atoms with E-state index in [4.69, 9.17) is 5.73 Å². The van der Waals surface area contributed by atoms with E-state index in [0.717, 1.165) is 12.1 Å². The number of carbonyl (C=O) groups is 1. The Kier molecular flexibility index (Phi) is 3.57. The minimum Gasteiger partial charge on any atom is -0.366 e. The highest BCUT2D eigenvalue weighted by molar-refractivity contribution is 5.94. The summed E-state index contributed by atoms with van der Waals surface area (Å²) in [5.41, 5.74) is 6.97. The molecule has 0 atom stereocenters. The van der Waals surface area contributed by atoms with Crippen molar-refractivity contribution in [1.29, 1.82) is 0 Å². The van der Waals surface area contributed by atoms with Crippen LogP contribution in [0.15, 0.2) is 24.3 Å². The van der Waals surface area contributed by atoms with Crippen LogP contribution in [0.25, 0.3) is 0 Å². The minimum absolute atomic E-state index is 0.344. The highest BCUT2D eigenvalue weighted by Gasteiger charge is 2.15. The van der Waals surface area contributed by atoms with Crippen molar-refractivity contribution < 1.29 is 4.79 Å². The molecule has 86 valence electrons. The lowest BCUT2D eigenvalue weighted by Gasteiger charge is -2.13. The van der Waals surface area contributed by atoms with Crippen LogP contribution in [0.1, 0.15) is 41.6 Å². The van der Waals surface area contributed by atoms with Crippen molar-refractivity contribution in [3.8, 4) is 0 Å². The van der Waals surface area contributed by atoms with Crippen LogP contribution in [0.3, 0.4) is 0 Å². The molecular weight excluding hydrogens is 200 g/mol.